The molecule has 0 saturated carbocycles. The van der Waals surface area contributed by atoms with Gasteiger partial charge in [0.15, 0.2) is 5.69 Å². The van der Waals surface area contributed by atoms with Gasteiger partial charge in [-0.3, -0.25) is 14.6 Å². The van der Waals surface area contributed by atoms with Crippen molar-refractivity contribution in [1.82, 2.24) is 19.7 Å². The van der Waals surface area contributed by atoms with Gasteiger partial charge in [-0.25, -0.2) is 4.68 Å². The van der Waals surface area contributed by atoms with Crippen molar-refractivity contribution in [2.24, 2.45) is 5.73 Å². The van der Waals surface area contributed by atoms with Crippen LogP contribution in [0.3, 0.4) is 0 Å². The van der Waals surface area contributed by atoms with Crippen LogP contribution in [0.5, 0.6) is 5.75 Å². The molecule has 8 nitrogen and oxygen atoms in total. The zero-order valence-corrected chi connectivity index (χ0v) is 21.9. The number of ether oxygens (including phenoxy) is 1. The minimum atomic E-state index is -0.573. The van der Waals surface area contributed by atoms with Gasteiger partial charge in [-0.1, -0.05) is 23.2 Å². The summed E-state index contributed by atoms with van der Waals surface area (Å²) in [5, 5.41) is 5.65. The van der Waals surface area contributed by atoms with Crippen molar-refractivity contribution in [3.8, 4) is 33.8 Å². The van der Waals surface area contributed by atoms with E-state index in [4.69, 9.17) is 38.8 Å². The van der Waals surface area contributed by atoms with E-state index >= 15 is 0 Å². The summed E-state index contributed by atoms with van der Waals surface area (Å²) in [6.45, 7) is 0. The maximum atomic E-state index is 13.1. The smallest absolute Gasteiger partial charge is 0.274 e. The molecule has 0 radical (unpaired) electrons. The molecule has 188 valence electrons. The quantitative estimate of drug-likeness (QED) is 0.394. The number of halogens is 2. The Kier molecular flexibility index (Phi) is 6.39. The largest absolute Gasteiger partial charge is 0.496 e. The number of nitrogens with zero attached hydrogens (tertiary/aromatic N) is 4. The number of methoxy groups -OCH3 is 1. The number of nitrogens with two attached hydrogens (primary N) is 1. The standard InChI is InChI=1S/C27H23Cl2N5O3/c1-33(2)27(36)24-20-5-4-14-7-23(37-3)21(15-6-16(26(30)35)13-31-12-15)11-22(14)25(20)34(32-24)19-9-17(28)8-18(29)10-19/h6-13H,4-5H2,1-3H3,(H2,30,35). The summed E-state index contributed by atoms with van der Waals surface area (Å²) in [4.78, 5) is 30.6. The summed E-state index contributed by atoms with van der Waals surface area (Å²) >= 11 is 12.7. The second-order valence-corrected chi connectivity index (χ2v) is 9.82. The third-order valence-electron chi connectivity index (χ3n) is 6.34. The Balaban J connectivity index is 1.80. The second kappa shape index (κ2) is 9.53. The molecule has 37 heavy (non-hydrogen) atoms. The molecule has 0 bridgehead atoms. The van der Waals surface area contributed by atoms with Crippen LogP contribution in [0.2, 0.25) is 10.0 Å². The molecule has 2 aromatic carbocycles. The minimum absolute atomic E-state index is 0.196. The van der Waals surface area contributed by atoms with E-state index in [2.05, 4.69) is 4.98 Å². The van der Waals surface area contributed by atoms with E-state index in [1.165, 1.54) is 11.1 Å². The molecule has 5 rings (SSSR count). The van der Waals surface area contributed by atoms with Crippen molar-refractivity contribution in [1.29, 1.82) is 0 Å². The van der Waals surface area contributed by atoms with Crippen LogP contribution in [0.4, 0.5) is 0 Å². The van der Waals surface area contributed by atoms with Crippen LogP contribution in [0.15, 0.2) is 48.8 Å². The molecule has 2 amide bonds. The van der Waals surface area contributed by atoms with Crippen molar-refractivity contribution in [3.05, 3.63) is 81.2 Å². The molecule has 0 aliphatic heterocycles. The Morgan fingerprint density at radius 2 is 1.73 bits per heavy atom. The lowest BCUT2D eigenvalue weighted by atomic mass is 9.86. The Bertz CT molecular complexity index is 1560. The highest BCUT2D eigenvalue weighted by Crippen LogP contribution is 2.43. The van der Waals surface area contributed by atoms with E-state index in [0.717, 1.165) is 27.9 Å². The van der Waals surface area contributed by atoms with Crippen LogP contribution < -0.4 is 10.5 Å². The van der Waals surface area contributed by atoms with Crippen molar-refractivity contribution >= 4 is 35.0 Å². The highest BCUT2D eigenvalue weighted by atomic mass is 35.5. The topological polar surface area (TPSA) is 103 Å². The van der Waals surface area contributed by atoms with Crippen molar-refractivity contribution in [2.75, 3.05) is 21.2 Å². The number of rotatable bonds is 5. The molecule has 2 N–H and O–H groups in total. The lowest BCUT2D eigenvalue weighted by Gasteiger charge is -2.22. The molecular formula is C27H23Cl2N5O3. The number of hydrogen-bond donors (Lipinski definition) is 1. The third kappa shape index (κ3) is 4.43. The first-order chi connectivity index (χ1) is 17.7. The lowest BCUT2D eigenvalue weighted by Crippen LogP contribution is -2.23. The first-order valence-corrected chi connectivity index (χ1v) is 12.2. The van der Waals surface area contributed by atoms with Gasteiger partial charge in [-0.05, 0) is 54.8 Å². The Morgan fingerprint density at radius 3 is 2.38 bits per heavy atom. The highest BCUT2D eigenvalue weighted by Gasteiger charge is 2.31. The van der Waals surface area contributed by atoms with Gasteiger partial charge in [0, 0.05) is 58.8 Å². The summed E-state index contributed by atoms with van der Waals surface area (Å²) in [6, 6.07) is 10.8. The Morgan fingerprint density at radius 1 is 1.00 bits per heavy atom. The lowest BCUT2D eigenvalue weighted by molar-refractivity contribution is 0.0820. The van der Waals surface area contributed by atoms with Crippen LogP contribution in [0.1, 0.15) is 32.0 Å². The van der Waals surface area contributed by atoms with Gasteiger partial charge in [0.1, 0.15) is 5.75 Å². The monoisotopic (exact) mass is 535 g/mol. The van der Waals surface area contributed by atoms with Crippen molar-refractivity contribution < 1.29 is 14.3 Å². The van der Waals surface area contributed by atoms with E-state index in [0.29, 0.717) is 45.6 Å². The molecule has 1 aliphatic carbocycles. The first-order valence-electron chi connectivity index (χ1n) is 11.4. The predicted molar refractivity (Wildman–Crippen MR) is 143 cm³/mol. The van der Waals surface area contributed by atoms with Gasteiger partial charge < -0.3 is 15.4 Å². The average molecular weight is 536 g/mol. The Labute approximate surface area is 223 Å². The van der Waals surface area contributed by atoms with E-state index in [-0.39, 0.29) is 11.5 Å². The van der Waals surface area contributed by atoms with Crippen LogP contribution in [0, 0.1) is 0 Å². The molecule has 2 aromatic heterocycles. The number of hydrogen-bond acceptors (Lipinski definition) is 5. The van der Waals surface area contributed by atoms with Crippen LogP contribution in [0.25, 0.3) is 28.1 Å². The molecule has 0 atom stereocenters. The van der Waals surface area contributed by atoms with Crippen LogP contribution in [-0.4, -0.2) is 52.7 Å². The number of aromatic nitrogens is 3. The fraction of sp³-hybridized carbons (Fsp3) is 0.185. The van der Waals surface area contributed by atoms with Gasteiger partial charge in [0.25, 0.3) is 5.91 Å². The number of benzene rings is 2. The normalized spacial score (nSPS) is 12.0. The fourth-order valence-electron chi connectivity index (χ4n) is 4.62. The summed E-state index contributed by atoms with van der Waals surface area (Å²) in [5.74, 6) is -0.137. The number of pyridine rings is 1. The molecule has 0 fully saturated rings. The maximum Gasteiger partial charge on any atom is 0.274 e. The SMILES string of the molecule is COc1cc2c(cc1-c1cncc(C(N)=O)c1)-c1c(c(C(=O)N(C)C)nn1-c1cc(Cl)cc(Cl)c1)CC2. The Hall–Kier alpha value is -3.88. The van der Waals surface area contributed by atoms with Gasteiger partial charge in [0.2, 0.25) is 5.91 Å². The van der Waals surface area contributed by atoms with E-state index in [9.17, 15) is 9.59 Å². The highest BCUT2D eigenvalue weighted by molar-refractivity contribution is 6.34. The van der Waals surface area contributed by atoms with E-state index < -0.39 is 5.91 Å². The second-order valence-electron chi connectivity index (χ2n) is 8.95. The third-order valence-corrected chi connectivity index (χ3v) is 6.78. The molecule has 2 heterocycles. The van der Waals surface area contributed by atoms with Gasteiger partial charge in [-0.2, -0.15) is 5.10 Å². The average Bonchev–Trinajstić information content (AvgIpc) is 3.27. The van der Waals surface area contributed by atoms with Crippen molar-refractivity contribution in [2.45, 2.75) is 12.8 Å². The molecule has 0 saturated heterocycles. The number of fused-ring (bicyclic) bond motifs is 3. The molecule has 0 spiro atoms. The maximum absolute atomic E-state index is 13.1. The van der Waals surface area contributed by atoms with Gasteiger partial charge in [0.05, 0.1) is 24.1 Å². The van der Waals surface area contributed by atoms with E-state index in [1.54, 1.807) is 56.3 Å². The molecule has 4 aromatic rings. The fourth-order valence-corrected chi connectivity index (χ4v) is 5.14. The summed E-state index contributed by atoms with van der Waals surface area (Å²) in [7, 11) is 4.99. The van der Waals surface area contributed by atoms with Crippen LogP contribution in [-0.2, 0) is 12.8 Å². The summed E-state index contributed by atoms with van der Waals surface area (Å²) in [5.41, 5.74) is 11.7. The van der Waals surface area contributed by atoms with Gasteiger partial charge in [-0.15, -0.1) is 0 Å². The minimum Gasteiger partial charge on any atom is -0.496 e. The number of aryl methyl sites for hydroxylation is 1. The number of carbonyl (C=O) groups excluding carboxylic acids is 2. The van der Waals surface area contributed by atoms with Crippen LogP contribution >= 0.6 is 23.2 Å². The van der Waals surface area contributed by atoms with Gasteiger partial charge >= 0.3 is 0 Å². The number of primary amides is 1. The predicted octanol–water partition coefficient (Wildman–Crippen LogP) is 4.82. The molecule has 10 heteroatoms. The summed E-state index contributed by atoms with van der Waals surface area (Å²) in [6.07, 6.45) is 4.38. The summed E-state index contributed by atoms with van der Waals surface area (Å²) < 4.78 is 7.43. The molecular weight excluding hydrogens is 513 g/mol. The van der Waals surface area contributed by atoms with E-state index in [1.807, 2.05) is 12.1 Å². The number of carbonyl (C=O) groups is 2. The number of amides is 2. The zero-order chi connectivity index (χ0) is 26.4. The zero-order valence-electron chi connectivity index (χ0n) is 20.4. The first kappa shape index (κ1) is 24.8. The molecule has 1 aliphatic rings. The van der Waals surface area contributed by atoms with Crippen molar-refractivity contribution in [3.63, 3.8) is 0 Å². The molecule has 0 unspecified atom stereocenters.